The summed E-state index contributed by atoms with van der Waals surface area (Å²) < 4.78 is 0. The van der Waals surface area contributed by atoms with Crippen molar-refractivity contribution >= 4 is 34.8 Å². The lowest BCUT2D eigenvalue weighted by Crippen LogP contribution is -2.29. The van der Waals surface area contributed by atoms with Gasteiger partial charge in [-0.25, -0.2) is 0 Å². The predicted molar refractivity (Wildman–Crippen MR) is 112 cm³/mol. The van der Waals surface area contributed by atoms with Crippen LogP contribution in [0.2, 0.25) is 0 Å². The van der Waals surface area contributed by atoms with Crippen LogP contribution in [0.1, 0.15) is 30.0 Å². The van der Waals surface area contributed by atoms with E-state index in [1.807, 2.05) is 11.8 Å². The quantitative estimate of drug-likeness (QED) is 0.502. The molecule has 2 nitrogen and oxygen atoms in total. The molecule has 0 heterocycles. The highest BCUT2D eigenvalue weighted by molar-refractivity contribution is 7.98. The molecule has 0 aliphatic carbocycles. The Balaban J connectivity index is 1.57. The van der Waals surface area contributed by atoms with E-state index in [-0.39, 0.29) is 0 Å². The molecule has 0 atom stereocenters. The summed E-state index contributed by atoms with van der Waals surface area (Å²) in [6, 6.07) is 17.1. The van der Waals surface area contributed by atoms with Crippen LogP contribution in [0.3, 0.4) is 0 Å². The highest BCUT2D eigenvalue weighted by atomic mass is 32.2. The van der Waals surface area contributed by atoms with Crippen LogP contribution in [0.25, 0.3) is 0 Å². The number of nitrogens with one attached hydrogen (secondary N) is 2. The van der Waals surface area contributed by atoms with E-state index >= 15 is 0 Å². The summed E-state index contributed by atoms with van der Waals surface area (Å²) in [5.41, 5.74) is 5.11. The zero-order valence-electron chi connectivity index (χ0n) is 14.5. The predicted octanol–water partition coefficient (Wildman–Crippen LogP) is 5.17. The Hall–Kier alpha value is -1.52. The first-order chi connectivity index (χ1) is 11.7. The van der Waals surface area contributed by atoms with Crippen LogP contribution in [-0.4, -0.2) is 17.4 Å². The summed E-state index contributed by atoms with van der Waals surface area (Å²) in [5.74, 6) is 2.21. The number of thiocarbonyl (C=S) groups is 1. The molecule has 0 unspecified atom stereocenters. The van der Waals surface area contributed by atoms with Crippen LogP contribution in [0, 0.1) is 6.92 Å². The van der Waals surface area contributed by atoms with Gasteiger partial charge in [-0.2, -0.15) is 11.8 Å². The van der Waals surface area contributed by atoms with Crippen LogP contribution in [-0.2, 0) is 12.2 Å². The zero-order chi connectivity index (χ0) is 17.2. The molecule has 0 radical (unpaired) electrons. The molecule has 2 aromatic rings. The molecule has 0 bridgehead atoms. The lowest BCUT2D eigenvalue weighted by Gasteiger charge is -2.11. The van der Waals surface area contributed by atoms with Crippen molar-refractivity contribution in [2.45, 2.75) is 32.4 Å². The van der Waals surface area contributed by atoms with Crippen molar-refractivity contribution in [2.75, 3.05) is 17.6 Å². The second kappa shape index (κ2) is 10.4. The van der Waals surface area contributed by atoms with E-state index in [9.17, 15) is 0 Å². The van der Waals surface area contributed by atoms with Crippen molar-refractivity contribution in [1.82, 2.24) is 5.32 Å². The summed E-state index contributed by atoms with van der Waals surface area (Å²) >= 11 is 7.31. The smallest absolute Gasteiger partial charge is 0.170 e. The largest absolute Gasteiger partial charge is 0.362 e. The second-order valence-electron chi connectivity index (χ2n) is 5.83. The van der Waals surface area contributed by atoms with Crippen molar-refractivity contribution in [3.05, 3.63) is 65.2 Å². The number of aryl methyl sites for hydroxylation is 2. The van der Waals surface area contributed by atoms with Crippen molar-refractivity contribution in [1.29, 1.82) is 0 Å². The Morgan fingerprint density at radius 2 is 1.88 bits per heavy atom. The van der Waals surface area contributed by atoms with Crippen molar-refractivity contribution in [3.8, 4) is 0 Å². The molecule has 0 aliphatic rings. The fourth-order valence-electron chi connectivity index (χ4n) is 2.37. The molecule has 0 saturated carbocycles. The Morgan fingerprint density at radius 1 is 1.08 bits per heavy atom. The van der Waals surface area contributed by atoms with Crippen LogP contribution in [0.4, 0.5) is 5.69 Å². The number of benzene rings is 2. The third-order valence-corrected chi connectivity index (χ3v) is 5.08. The molecule has 0 aromatic heterocycles. The van der Waals surface area contributed by atoms with Crippen molar-refractivity contribution in [3.63, 3.8) is 0 Å². The molecular weight excluding hydrogens is 332 g/mol. The zero-order valence-corrected chi connectivity index (χ0v) is 16.1. The fourth-order valence-corrected chi connectivity index (χ4v) is 3.50. The van der Waals surface area contributed by atoms with E-state index in [1.165, 1.54) is 16.7 Å². The molecule has 0 aliphatic heterocycles. The van der Waals surface area contributed by atoms with Gasteiger partial charge in [0.25, 0.3) is 0 Å². The standard InChI is InChI=1S/C20H26N2S2/c1-3-17-8-10-19(11-9-17)22-20(23)21-12-5-13-24-15-18-7-4-6-16(2)14-18/h4,6-11,14H,3,5,12-13,15H2,1-2H3,(H2,21,22,23). The van der Waals surface area contributed by atoms with Crippen LogP contribution >= 0.6 is 24.0 Å². The molecule has 24 heavy (non-hydrogen) atoms. The van der Waals surface area contributed by atoms with E-state index in [2.05, 4.69) is 73.0 Å². The van der Waals surface area contributed by atoms with E-state index in [0.29, 0.717) is 5.11 Å². The summed E-state index contributed by atoms with van der Waals surface area (Å²) in [6.45, 7) is 5.20. The highest BCUT2D eigenvalue weighted by Crippen LogP contribution is 2.14. The van der Waals surface area contributed by atoms with Crippen molar-refractivity contribution in [2.24, 2.45) is 0 Å². The monoisotopic (exact) mass is 358 g/mol. The number of anilines is 1. The first-order valence-electron chi connectivity index (χ1n) is 8.44. The fraction of sp³-hybridized carbons (Fsp3) is 0.350. The third kappa shape index (κ3) is 6.93. The van der Waals surface area contributed by atoms with Gasteiger partial charge in [-0.05, 0) is 61.0 Å². The van der Waals surface area contributed by atoms with Crippen molar-refractivity contribution < 1.29 is 0 Å². The first kappa shape index (κ1) is 18.8. The van der Waals surface area contributed by atoms with Crippen LogP contribution < -0.4 is 10.6 Å². The molecule has 2 N–H and O–H groups in total. The molecule has 0 fully saturated rings. The summed E-state index contributed by atoms with van der Waals surface area (Å²) in [6.07, 6.45) is 2.16. The summed E-state index contributed by atoms with van der Waals surface area (Å²) in [5, 5.41) is 7.20. The van der Waals surface area contributed by atoms with Gasteiger partial charge in [-0.3, -0.25) is 0 Å². The van der Waals surface area contributed by atoms with Gasteiger partial charge < -0.3 is 10.6 Å². The highest BCUT2D eigenvalue weighted by Gasteiger charge is 1.98. The minimum Gasteiger partial charge on any atom is -0.362 e. The average Bonchev–Trinajstić information content (AvgIpc) is 2.59. The number of thioether (sulfide) groups is 1. The second-order valence-corrected chi connectivity index (χ2v) is 7.34. The summed E-state index contributed by atoms with van der Waals surface area (Å²) in [7, 11) is 0. The van der Waals surface area contributed by atoms with E-state index in [0.717, 1.165) is 36.6 Å². The molecule has 0 saturated heterocycles. The maximum Gasteiger partial charge on any atom is 0.170 e. The van der Waals surface area contributed by atoms with Gasteiger partial charge in [0.05, 0.1) is 0 Å². The molecule has 0 spiro atoms. The Labute approximate surface area is 155 Å². The Kier molecular flexibility index (Phi) is 8.13. The minimum atomic E-state index is 0.697. The molecule has 128 valence electrons. The van der Waals surface area contributed by atoms with Gasteiger partial charge in [-0.1, -0.05) is 48.9 Å². The van der Waals surface area contributed by atoms with Gasteiger partial charge in [0.2, 0.25) is 0 Å². The van der Waals surface area contributed by atoms with E-state index in [1.54, 1.807) is 0 Å². The lowest BCUT2D eigenvalue weighted by molar-refractivity contribution is 0.854. The van der Waals surface area contributed by atoms with Gasteiger partial charge in [-0.15, -0.1) is 0 Å². The van der Waals surface area contributed by atoms with Gasteiger partial charge in [0, 0.05) is 18.0 Å². The van der Waals surface area contributed by atoms with Gasteiger partial charge >= 0.3 is 0 Å². The van der Waals surface area contributed by atoms with Gasteiger partial charge in [0.15, 0.2) is 5.11 Å². The maximum absolute atomic E-state index is 5.34. The molecule has 4 heteroatoms. The normalized spacial score (nSPS) is 10.4. The number of hydrogen-bond donors (Lipinski definition) is 2. The van der Waals surface area contributed by atoms with E-state index < -0.39 is 0 Å². The summed E-state index contributed by atoms with van der Waals surface area (Å²) in [4.78, 5) is 0. The first-order valence-corrected chi connectivity index (χ1v) is 10.0. The minimum absolute atomic E-state index is 0.697. The molecular formula is C20H26N2S2. The lowest BCUT2D eigenvalue weighted by atomic mass is 10.1. The number of rotatable bonds is 8. The average molecular weight is 359 g/mol. The molecule has 2 rings (SSSR count). The van der Waals surface area contributed by atoms with E-state index in [4.69, 9.17) is 12.2 Å². The maximum atomic E-state index is 5.34. The molecule has 2 aromatic carbocycles. The van der Waals surface area contributed by atoms with Crippen LogP contribution in [0.5, 0.6) is 0 Å². The SMILES string of the molecule is CCc1ccc(NC(=S)NCCCSCc2cccc(C)c2)cc1. The Bertz CT molecular complexity index is 638. The van der Waals surface area contributed by atoms with Crippen LogP contribution in [0.15, 0.2) is 48.5 Å². The Morgan fingerprint density at radius 3 is 2.58 bits per heavy atom. The number of hydrogen-bond acceptors (Lipinski definition) is 2. The van der Waals surface area contributed by atoms with Gasteiger partial charge in [0.1, 0.15) is 0 Å². The molecule has 0 amide bonds. The topological polar surface area (TPSA) is 24.1 Å². The third-order valence-electron chi connectivity index (χ3n) is 3.72.